The molecule has 1 aliphatic rings. The Balaban J connectivity index is 2.13. The first-order valence-corrected chi connectivity index (χ1v) is 6.21. The SMILES string of the molecule is CC(C)C(C)NC(=O)c1ccc2c(c1)CC(=O)N2. The molecule has 1 heterocycles. The Morgan fingerprint density at radius 3 is 2.72 bits per heavy atom. The van der Waals surface area contributed by atoms with Crippen molar-refractivity contribution in [3.8, 4) is 0 Å². The second-order valence-electron chi connectivity index (χ2n) is 5.10. The third-order valence-electron chi connectivity index (χ3n) is 3.35. The molecule has 4 nitrogen and oxygen atoms in total. The molecular weight excluding hydrogens is 228 g/mol. The molecule has 1 aromatic rings. The fraction of sp³-hybridized carbons (Fsp3) is 0.429. The number of rotatable bonds is 3. The topological polar surface area (TPSA) is 58.2 Å². The van der Waals surface area contributed by atoms with Gasteiger partial charge in [-0.05, 0) is 36.6 Å². The Kier molecular flexibility index (Phi) is 3.36. The maximum Gasteiger partial charge on any atom is 0.251 e. The molecule has 4 heteroatoms. The number of anilines is 1. The fourth-order valence-corrected chi connectivity index (χ4v) is 1.83. The smallest absolute Gasteiger partial charge is 0.251 e. The van der Waals surface area contributed by atoms with Crippen LogP contribution in [0.1, 0.15) is 36.7 Å². The largest absolute Gasteiger partial charge is 0.349 e. The van der Waals surface area contributed by atoms with Gasteiger partial charge in [-0.1, -0.05) is 13.8 Å². The number of hydrogen-bond acceptors (Lipinski definition) is 2. The lowest BCUT2D eigenvalue weighted by molar-refractivity contribution is -0.115. The number of carbonyl (C=O) groups excluding carboxylic acids is 2. The van der Waals surface area contributed by atoms with Gasteiger partial charge in [0.05, 0.1) is 6.42 Å². The number of carbonyl (C=O) groups is 2. The summed E-state index contributed by atoms with van der Waals surface area (Å²) < 4.78 is 0. The highest BCUT2D eigenvalue weighted by atomic mass is 16.2. The quantitative estimate of drug-likeness (QED) is 0.856. The summed E-state index contributed by atoms with van der Waals surface area (Å²) in [6.45, 7) is 6.12. The molecule has 2 N–H and O–H groups in total. The summed E-state index contributed by atoms with van der Waals surface area (Å²) >= 11 is 0. The van der Waals surface area contributed by atoms with Crippen molar-refractivity contribution < 1.29 is 9.59 Å². The highest BCUT2D eigenvalue weighted by Gasteiger charge is 2.19. The van der Waals surface area contributed by atoms with Gasteiger partial charge < -0.3 is 10.6 Å². The van der Waals surface area contributed by atoms with Gasteiger partial charge in [0.15, 0.2) is 0 Å². The van der Waals surface area contributed by atoms with Crippen LogP contribution in [0.2, 0.25) is 0 Å². The van der Waals surface area contributed by atoms with Gasteiger partial charge in [-0.15, -0.1) is 0 Å². The average Bonchev–Trinajstić information content (AvgIpc) is 2.67. The lowest BCUT2D eigenvalue weighted by atomic mass is 10.0. The van der Waals surface area contributed by atoms with Crippen molar-refractivity contribution in [1.82, 2.24) is 5.32 Å². The summed E-state index contributed by atoms with van der Waals surface area (Å²) in [5.74, 6) is 0.295. The molecule has 0 saturated heterocycles. The van der Waals surface area contributed by atoms with E-state index >= 15 is 0 Å². The highest BCUT2D eigenvalue weighted by Crippen LogP contribution is 2.23. The minimum atomic E-state index is -0.0849. The van der Waals surface area contributed by atoms with E-state index in [1.807, 2.05) is 6.92 Å². The Morgan fingerprint density at radius 2 is 2.06 bits per heavy atom. The predicted octanol–water partition coefficient (Wildman–Crippen LogP) is 1.96. The maximum absolute atomic E-state index is 12.0. The van der Waals surface area contributed by atoms with Gasteiger partial charge in [0.25, 0.3) is 5.91 Å². The van der Waals surface area contributed by atoms with Crippen molar-refractivity contribution in [2.45, 2.75) is 33.2 Å². The van der Waals surface area contributed by atoms with Gasteiger partial charge in [-0.25, -0.2) is 0 Å². The molecule has 0 fully saturated rings. The second kappa shape index (κ2) is 4.80. The molecular formula is C14H18N2O2. The molecule has 1 aliphatic heterocycles. The molecule has 0 aliphatic carbocycles. The molecule has 1 atom stereocenters. The van der Waals surface area contributed by atoms with Crippen LogP contribution in [-0.4, -0.2) is 17.9 Å². The summed E-state index contributed by atoms with van der Waals surface area (Å²) in [6, 6.07) is 5.45. The monoisotopic (exact) mass is 246 g/mol. The molecule has 2 amide bonds. The van der Waals surface area contributed by atoms with Crippen molar-refractivity contribution in [2.24, 2.45) is 5.92 Å². The Morgan fingerprint density at radius 1 is 1.33 bits per heavy atom. The van der Waals surface area contributed by atoms with Gasteiger partial charge in [0.1, 0.15) is 0 Å². The van der Waals surface area contributed by atoms with Crippen LogP contribution in [0.15, 0.2) is 18.2 Å². The van der Waals surface area contributed by atoms with E-state index in [0.717, 1.165) is 11.3 Å². The molecule has 1 unspecified atom stereocenters. The number of nitrogens with one attached hydrogen (secondary N) is 2. The minimum Gasteiger partial charge on any atom is -0.349 e. The Bertz CT molecular complexity index is 495. The third kappa shape index (κ3) is 2.53. The molecule has 0 aromatic heterocycles. The number of hydrogen-bond donors (Lipinski definition) is 2. The third-order valence-corrected chi connectivity index (χ3v) is 3.35. The van der Waals surface area contributed by atoms with E-state index in [4.69, 9.17) is 0 Å². The summed E-state index contributed by atoms with van der Waals surface area (Å²) in [5, 5.41) is 5.71. The van der Waals surface area contributed by atoms with Crippen LogP contribution < -0.4 is 10.6 Å². The van der Waals surface area contributed by atoms with Crippen LogP contribution in [-0.2, 0) is 11.2 Å². The van der Waals surface area contributed by atoms with E-state index in [1.165, 1.54) is 0 Å². The standard InChI is InChI=1S/C14H18N2O2/c1-8(2)9(3)15-14(18)10-4-5-12-11(6-10)7-13(17)16-12/h4-6,8-9H,7H2,1-3H3,(H,15,18)(H,16,17). The van der Waals surface area contributed by atoms with E-state index in [1.54, 1.807) is 18.2 Å². The maximum atomic E-state index is 12.0. The van der Waals surface area contributed by atoms with E-state index in [2.05, 4.69) is 24.5 Å². The zero-order valence-corrected chi connectivity index (χ0v) is 10.9. The van der Waals surface area contributed by atoms with Crippen molar-refractivity contribution >= 4 is 17.5 Å². The van der Waals surface area contributed by atoms with Crippen LogP contribution in [0.3, 0.4) is 0 Å². The first-order valence-electron chi connectivity index (χ1n) is 6.21. The minimum absolute atomic E-state index is 0.0156. The van der Waals surface area contributed by atoms with Crippen LogP contribution in [0, 0.1) is 5.92 Å². The van der Waals surface area contributed by atoms with Crippen LogP contribution in [0.5, 0.6) is 0 Å². The van der Waals surface area contributed by atoms with Gasteiger partial charge in [-0.2, -0.15) is 0 Å². The molecule has 0 bridgehead atoms. The van der Waals surface area contributed by atoms with Crippen LogP contribution in [0.4, 0.5) is 5.69 Å². The van der Waals surface area contributed by atoms with E-state index in [0.29, 0.717) is 17.9 Å². The molecule has 0 radical (unpaired) electrons. The zero-order chi connectivity index (χ0) is 13.3. The zero-order valence-electron chi connectivity index (χ0n) is 10.9. The predicted molar refractivity (Wildman–Crippen MR) is 70.5 cm³/mol. The van der Waals surface area contributed by atoms with Crippen molar-refractivity contribution in [1.29, 1.82) is 0 Å². The van der Waals surface area contributed by atoms with Crippen molar-refractivity contribution in [3.63, 3.8) is 0 Å². The summed E-state index contributed by atoms with van der Waals surface area (Å²) in [5.41, 5.74) is 2.32. The molecule has 18 heavy (non-hydrogen) atoms. The number of fused-ring (bicyclic) bond motifs is 1. The van der Waals surface area contributed by atoms with Crippen molar-refractivity contribution in [2.75, 3.05) is 5.32 Å². The second-order valence-corrected chi connectivity index (χ2v) is 5.10. The number of amides is 2. The molecule has 0 spiro atoms. The summed E-state index contributed by atoms with van der Waals surface area (Å²) in [6.07, 6.45) is 0.357. The molecule has 2 rings (SSSR count). The summed E-state index contributed by atoms with van der Waals surface area (Å²) in [4.78, 5) is 23.3. The summed E-state index contributed by atoms with van der Waals surface area (Å²) in [7, 11) is 0. The van der Waals surface area contributed by atoms with Crippen LogP contribution in [0.25, 0.3) is 0 Å². The first kappa shape index (κ1) is 12.6. The highest BCUT2D eigenvalue weighted by molar-refractivity contribution is 6.01. The fourth-order valence-electron chi connectivity index (χ4n) is 1.83. The van der Waals surface area contributed by atoms with Gasteiger partial charge in [0, 0.05) is 17.3 Å². The lowest BCUT2D eigenvalue weighted by Gasteiger charge is -2.17. The molecule has 1 aromatic carbocycles. The van der Waals surface area contributed by atoms with E-state index in [9.17, 15) is 9.59 Å². The van der Waals surface area contributed by atoms with Gasteiger partial charge >= 0.3 is 0 Å². The molecule has 0 saturated carbocycles. The lowest BCUT2D eigenvalue weighted by Crippen LogP contribution is -2.36. The Labute approximate surface area is 107 Å². The van der Waals surface area contributed by atoms with E-state index < -0.39 is 0 Å². The van der Waals surface area contributed by atoms with Crippen molar-refractivity contribution in [3.05, 3.63) is 29.3 Å². The normalized spacial score (nSPS) is 15.2. The van der Waals surface area contributed by atoms with Gasteiger partial charge in [-0.3, -0.25) is 9.59 Å². The van der Waals surface area contributed by atoms with Gasteiger partial charge in [0.2, 0.25) is 5.91 Å². The number of benzene rings is 1. The first-order chi connectivity index (χ1) is 8.47. The van der Waals surface area contributed by atoms with E-state index in [-0.39, 0.29) is 17.9 Å². The Hall–Kier alpha value is -1.84. The molecule has 96 valence electrons. The average molecular weight is 246 g/mol. The van der Waals surface area contributed by atoms with Crippen LogP contribution >= 0.6 is 0 Å².